The van der Waals surface area contributed by atoms with Crippen molar-refractivity contribution in [3.8, 4) is 0 Å². The summed E-state index contributed by atoms with van der Waals surface area (Å²) in [4.78, 5) is 33.9. The summed E-state index contributed by atoms with van der Waals surface area (Å²) in [6, 6.07) is 0. The SMILES string of the molecule is CCCCC/C=C\CCCCCCCC(=O)NCCOP(=O)(O)OCC(O)COC(=O)CCCCCCCCCCCCCCCCCCCCCC. The lowest BCUT2D eigenvalue weighted by molar-refractivity contribution is -0.147. The number of ether oxygens (including phenoxy) is 1. The normalized spacial score (nSPS) is 13.4. The van der Waals surface area contributed by atoms with E-state index in [9.17, 15) is 24.2 Å². The molecule has 0 aliphatic rings. The molecule has 2 unspecified atom stereocenters. The number of amides is 1. The van der Waals surface area contributed by atoms with Crippen molar-refractivity contribution >= 4 is 19.7 Å². The van der Waals surface area contributed by atoms with Crippen LogP contribution >= 0.6 is 7.82 Å². The van der Waals surface area contributed by atoms with E-state index in [4.69, 9.17) is 13.8 Å². The maximum absolute atomic E-state index is 12.1. The fourth-order valence-electron chi connectivity index (χ4n) is 6.32. The Morgan fingerprint density at radius 3 is 1.45 bits per heavy atom. The van der Waals surface area contributed by atoms with E-state index in [0.717, 1.165) is 51.4 Å². The second-order valence-corrected chi connectivity index (χ2v) is 16.5. The third kappa shape index (κ3) is 41.7. The highest BCUT2D eigenvalue weighted by molar-refractivity contribution is 7.47. The molecule has 0 saturated carbocycles. The molecule has 53 heavy (non-hydrogen) atoms. The van der Waals surface area contributed by atoms with Gasteiger partial charge in [-0.3, -0.25) is 18.6 Å². The van der Waals surface area contributed by atoms with E-state index in [1.165, 1.54) is 141 Å². The lowest BCUT2D eigenvalue weighted by Crippen LogP contribution is -2.27. The van der Waals surface area contributed by atoms with Gasteiger partial charge in [-0.05, 0) is 38.5 Å². The molecular formula is C43H84NO8P. The number of phosphoric acid groups is 1. The van der Waals surface area contributed by atoms with Gasteiger partial charge < -0.3 is 20.1 Å². The van der Waals surface area contributed by atoms with Crippen molar-refractivity contribution in [3.63, 3.8) is 0 Å². The minimum absolute atomic E-state index is 0.0804. The molecule has 0 fully saturated rings. The van der Waals surface area contributed by atoms with Gasteiger partial charge in [-0.1, -0.05) is 180 Å². The molecule has 0 aliphatic carbocycles. The number of carbonyl (C=O) groups excluding carboxylic acids is 2. The molecule has 0 saturated heterocycles. The maximum atomic E-state index is 12.1. The molecule has 0 aromatic carbocycles. The van der Waals surface area contributed by atoms with Crippen molar-refractivity contribution in [2.24, 2.45) is 0 Å². The van der Waals surface area contributed by atoms with Gasteiger partial charge in [0.05, 0.1) is 13.2 Å². The Bertz CT molecular complexity index is 886. The van der Waals surface area contributed by atoms with E-state index < -0.39 is 26.5 Å². The van der Waals surface area contributed by atoms with Gasteiger partial charge in [0.15, 0.2) is 0 Å². The molecule has 0 aromatic heterocycles. The van der Waals surface area contributed by atoms with Crippen LogP contribution in [0.4, 0.5) is 0 Å². The van der Waals surface area contributed by atoms with Crippen molar-refractivity contribution in [2.45, 2.75) is 225 Å². The molecule has 0 aromatic rings. The summed E-state index contributed by atoms with van der Waals surface area (Å²) in [5, 5.41) is 12.7. The number of nitrogens with one attached hydrogen (secondary N) is 1. The van der Waals surface area contributed by atoms with Crippen LogP contribution in [0, 0.1) is 0 Å². The highest BCUT2D eigenvalue weighted by Gasteiger charge is 2.23. The van der Waals surface area contributed by atoms with Crippen molar-refractivity contribution in [3.05, 3.63) is 12.2 Å². The molecule has 1 amide bonds. The van der Waals surface area contributed by atoms with Crippen LogP contribution in [-0.2, 0) is 27.9 Å². The van der Waals surface area contributed by atoms with Crippen molar-refractivity contribution in [2.75, 3.05) is 26.4 Å². The van der Waals surface area contributed by atoms with E-state index >= 15 is 0 Å². The predicted octanol–water partition coefficient (Wildman–Crippen LogP) is 12.2. The average Bonchev–Trinajstić information content (AvgIpc) is 3.14. The maximum Gasteiger partial charge on any atom is 0.472 e. The highest BCUT2D eigenvalue weighted by atomic mass is 31.2. The highest BCUT2D eigenvalue weighted by Crippen LogP contribution is 2.42. The average molecular weight is 774 g/mol. The molecule has 0 spiro atoms. The van der Waals surface area contributed by atoms with Crippen molar-refractivity contribution in [1.82, 2.24) is 5.32 Å². The molecule has 2 atom stereocenters. The summed E-state index contributed by atoms with van der Waals surface area (Å²) in [6.45, 7) is 3.55. The molecule has 0 heterocycles. The van der Waals surface area contributed by atoms with Gasteiger partial charge in [-0.15, -0.1) is 0 Å². The number of aliphatic hydroxyl groups is 1. The topological polar surface area (TPSA) is 131 Å². The second-order valence-electron chi connectivity index (χ2n) is 15.0. The Hall–Kier alpha value is -1.25. The summed E-state index contributed by atoms with van der Waals surface area (Å²) < 4.78 is 26.9. The quantitative estimate of drug-likeness (QED) is 0.0242. The third-order valence-corrected chi connectivity index (χ3v) is 10.7. The van der Waals surface area contributed by atoms with Crippen molar-refractivity contribution < 1.29 is 37.9 Å². The monoisotopic (exact) mass is 774 g/mol. The number of esters is 1. The second kappa shape index (κ2) is 40.4. The summed E-state index contributed by atoms with van der Waals surface area (Å²) in [6.07, 6.45) is 41.5. The number of hydrogen-bond donors (Lipinski definition) is 3. The number of phosphoric ester groups is 1. The number of unbranched alkanes of at least 4 members (excludes halogenated alkanes) is 27. The van der Waals surface area contributed by atoms with Crippen LogP contribution in [0.2, 0.25) is 0 Å². The van der Waals surface area contributed by atoms with Gasteiger partial charge in [0, 0.05) is 19.4 Å². The predicted molar refractivity (Wildman–Crippen MR) is 220 cm³/mol. The van der Waals surface area contributed by atoms with Gasteiger partial charge in [0.1, 0.15) is 12.7 Å². The van der Waals surface area contributed by atoms with Crippen LogP contribution in [0.1, 0.15) is 219 Å². The Balaban J connectivity index is 3.55. The van der Waals surface area contributed by atoms with Crippen LogP contribution < -0.4 is 5.32 Å². The molecule has 0 rings (SSSR count). The summed E-state index contributed by atoms with van der Waals surface area (Å²) in [7, 11) is -4.41. The minimum Gasteiger partial charge on any atom is -0.463 e. The van der Waals surface area contributed by atoms with Gasteiger partial charge in [0.2, 0.25) is 5.91 Å². The Morgan fingerprint density at radius 1 is 0.566 bits per heavy atom. The fraction of sp³-hybridized carbons (Fsp3) is 0.907. The number of hydrogen-bond acceptors (Lipinski definition) is 7. The van der Waals surface area contributed by atoms with E-state index in [-0.39, 0.29) is 32.1 Å². The molecule has 0 bridgehead atoms. The smallest absolute Gasteiger partial charge is 0.463 e. The molecule has 0 radical (unpaired) electrons. The largest absolute Gasteiger partial charge is 0.472 e. The zero-order chi connectivity index (χ0) is 38.9. The Kier molecular flexibility index (Phi) is 39.5. The van der Waals surface area contributed by atoms with Gasteiger partial charge >= 0.3 is 13.8 Å². The fourth-order valence-corrected chi connectivity index (χ4v) is 7.07. The first-order chi connectivity index (χ1) is 25.8. The van der Waals surface area contributed by atoms with E-state index in [2.05, 4.69) is 31.3 Å². The molecule has 3 N–H and O–H groups in total. The molecule has 314 valence electrons. The van der Waals surface area contributed by atoms with E-state index in [0.29, 0.717) is 6.42 Å². The van der Waals surface area contributed by atoms with Gasteiger partial charge in [0.25, 0.3) is 0 Å². The van der Waals surface area contributed by atoms with Crippen LogP contribution in [-0.4, -0.2) is 54.3 Å². The van der Waals surface area contributed by atoms with Gasteiger partial charge in [-0.25, -0.2) is 4.57 Å². The Labute approximate surface area is 326 Å². The first-order valence-corrected chi connectivity index (χ1v) is 23.7. The number of carbonyl (C=O) groups is 2. The van der Waals surface area contributed by atoms with Crippen molar-refractivity contribution in [1.29, 1.82) is 0 Å². The standard InChI is InChI=1S/C43H84NO8P/c1-3-5-7-9-11-13-15-17-18-19-20-21-22-23-24-26-28-30-32-34-36-43(47)50-39-41(45)40-52-53(48,49)51-38-37-44-42(46)35-33-31-29-27-25-16-14-12-10-8-6-4-2/h12,14,41,45H,3-11,13,15-40H2,1-2H3,(H,44,46)(H,48,49)/b14-12-. The summed E-state index contributed by atoms with van der Waals surface area (Å²) >= 11 is 0. The third-order valence-electron chi connectivity index (χ3n) is 9.70. The van der Waals surface area contributed by atoms with Crippen LogP contribution in [0.15, 0.2) is 12.2 Å². The number of rotatable bonds is 42. The lowest BCUT2D eigenvalue weighted by Gasteiger charge is -2.15. The zero-order valence-electron chi connectivity index (χ0n) is 34.5. The molecular weight excluding hydrogens is 689 g/mol. The van der Waals surface area contributed by atoms with E-state index in [1.807, 2.05) is 0 Å². The zero-order valence-corrected chi connectivity index (χ0v) is 35.4. The Morgan fingerprint density at radius 2 is 0.962 bits per heavy atom. The minimum atomic E-state index is -4.41. The molecule has 9 nitrogen and oxygen atoms in total. The van der Waals surface area contributed by atoms with E-state index in [1.54, 1.807) is 0 Å². The van der Waals surface area contributed by atoms with Crippen LogP contribution in [0.3, 0.4) is 0 Å². The number of aliphatic hydroxyl groups excluding tert-OH is 1. The van der Waals surface area contributed by atoms with Gasteiger partial charge in [-0.2, -0.15) is 0 Å². The first kappa shape index (κ1) is 51.8. The van der Waals surface area contributed by atoms with Crippen LogP contribution in [0.25, 0.3) is 0 Å². The van der Waals surface area contributed by atoms with Crippen LogP contribution in [0.5, 0.6) is 0 Å². The lowest BCUT2D eigenvalue weighted by atomic mass is 10.0. The summed E-state index contributed by atoms with van der Waals surface area (Å²) in [5.41, 5.74) is 0. The first-order valence-electron chi connectivity index (χ1n) is 22.2. The molecule has 0 aliphatic heterocycles. The molecule has 10 heteroatoms. The number of allylic oxidation sites excluding steroid dienone is 2. The summed E-state index contributed by atoms with van der Waals surface area (Å²) in [5.74, 6) is -0.517.